The van der Waals surface area contributed by atoms with Crippen LogP contribution in [0.5, 0.6) is 0 Å². The van der Waals surface area contributed by atoms with Crippen molar-refractivity contribution < 1.29 is 4.79 Å². The molecule has 2 rings (SSSR count). The first-order valence-corrected chi connectivity index (χ1v) is 11.2. The van der Waals surface area contributed by atoms with Crippen LogP contribution in [0.1, 0.15) is 57.4 Å². The number of unbranched alkanes of at least 4 members (excludes halogenated alkanes) is 3. The van der Waals surface area contributed by atoms with Gasteiger partial charge >= 0.3 is 0 Å². The molecule has 1 aromatic rings. The molecule has 0 aliphatic carbocycles. The van der Waals surface area contributed by atoms with E-state index >= 15 is 0 Å². The van der Waals surface area contributed by atoms with Gasteiger partial charge in [-0.1, -0.05) is 50.1 Å². The number of nitrogens with two attached hydrogens (primary N) is 2. The van der Waals surface area contributed by atoms with E-state index in [1.165, 1.54) is 5.56 Å². The molecule has 0 unspecified atom stereocenters. The fourth-order valence-corrected chi connectivity index (χ4v) is 4.06. The van der Waals surface area contributed by atoms with Crippen molar-refractivity contribution >= 4 is 11.9 Å². The molecule has 1 fully saturated rings. The van der Waals surface area contributed by atoms with E-state index in [1.807, 2.05) is 6.92 Å². The zero-order valence-corrected chi connectivity index (χ0v) is 18.1. The monoisotopic (exact) mass is 401 g/mol. The van der Waals surface area contributed by atoms with Crippen molar-refractivity contribution in [1.29, 1.82) is 0 Å². The first-order valence-electron chi connectivity index (χ1n) is 11.2. The maximum absolute atomic E-state index is 12.5. The minimum Gasteiger partial charge on any atom is -0.370 e. The van der Waals surface area contributed by atoms with Gasteiger partial charge in [-0.25, -0.2) is 0 Å². The van der Waals surface area contributed by atoms with Crippen LogP contribution < -0.4 is 11.5 Å². The highest BCUT2D eigenvalue weighted by molar-refractivity contribution is 5.76. The molecular formula is C23H39N5O. The van der Waals surface area contributed by atoms with Gasteiger partial charge in [0, 0.05) is 45.2 Å². The number of nitrogens with zero attached hydrogens (tertiary/aromatic N) is 3. The number of piperidine rings is 1. The molecule has 1 amide bonds. The highest BCUT2D eigenvalue weighted by Gasteiger charge is 2.26. The first-order chi connectivity index (χ1) is 14.1. The highest BCUT2D eigenvalue weighted by Crippen LogP contribution is 2.19. The number of hydrogen-bond donors (Lipinski definition) is 2. The molecule has 0 radical (unpaired) electrons. The second-order valence-corrected chi connectivity index (χ2v) is 7.97. The summed E-state index contributed by atoms with van der Waals surface area (Å²) in [4.78, 5) is 21.2. The lowest BCUT2D eigenvalue weighted by molar-refractivity contribution is -0.134. The van der Waals surface area contributed by atoms with Crippen LogP contribution in [-0.4, -0.2) is 60.4 Å². The molecule has 6 nitrogen and oxygen atoms in total. The molecule has 0 spiro atoms. The summed E-state index contributed by atoms with van der Waals surface area (Å²) in [5.41, 5.74) is 12.1. The Morgan fingerprint density at radius 3 is 2.45 bits per heavy atom. The molecule has 4 N–H and O–H groups in total. The van der Waals surface area contributed by atoms with E-state index in [9.17, 15) is 4.79 Å². The van der Waals surface area contributed by atoms with Gasteiger partial charge in [0.25, 0.3) is 0 Å². The Morgan fingerprint density at radius 2 is 1.79 bits per heavy atom. The van der Waals surface area contributed by atoms with Crippen molar-refractivity contribution in [3.63, 3.8) is 0 Å². The zero-order chi connectivity index (χ0) is 20.9. The highest BCUT2D eigenvalue weighted by atomic mass is 16.2. The Kier molecular flexibility index (Phi) is 10.6. The predicted octanol–water partition coefficient (Wildman–Crippen LogP) is 2.77. The number of guanidine groups is 1. The smallest absolute Gasteiger partial charge is 0.222 e. The number of amides is 1. The number of likely N-dealkylation sites (tertiary alicyclic amines) is 1. The largest absolute Gasteiger partial charge is 0.370 e. The summed E-state index contributed by atoms with van der Waals surface area (Å²) in [7, 11) is 0. The summed E-state index contributed by atoms with van der Waals surface area (Å²) in [5.74, 6) is 0.466. The van der Waals surface area contributed by atoms with Crippen LogP contribution in [-0.2, 0) is 11.2 Å². The third-order valence-corrected chi connectivity index (χ3v) is 5.78. The van der Waals surface area contributed by atoms with Crippen molar-refractivity contribution in [1.82, 2.24) is 9.80 Å². The maximum atomic E-state index is 12.5. The normalized spacial score (nSPS) is 15.2. The molecule has 0 saturated carbocycles. The van der Waals surface area contributed by atoms with Crippen LogP contribution in [0.2, 0.25) is 0 Å². The SMILES string of the molecule is CCC(=O)N(CCCCCCN=C(N)N)C1CCN(CCc2ccccc2)CC1. The first kappa shape index (κ1) is 23.2. The quantitative estimate of drug-likeness (QED) is 0.320. The van der Waals surface area contributed by atoms with E-state index in [-0.39, 0.29) is 5.96 Å². The summed E-state index contributed by atoms with van der Waals surface area (Å²) in [6, 6.07) is 11.1. The van der Waals surface area contributed by atoms with E-state index in [0.717, 1.165) is 71.1 Å². The summed E-state index contributed by atoms with van der Waals surface area (Å²) >= 11 is 0. The lowest BCUT2D eigenvalue weighted by atomic mass is 10.0. The van der Waals surface area contributed by atoms with Gasteiger partial charge in [0.15, 0.2) is 5.96 Å². The molecule has 1 saturated heterocycles. The molecule has 0 aromatic heterocycles. The van der Waals surface area contributed by atoms with E-state index < -0.39 is 0 Å². The Balaban J connectivity index is 1.69. The van der Waals surface area contributed by atoms with Crippen LogP contribution in [0.4, 0.5) is 0 Å². The van der Waals surface area contributed by atoms with E-state index in [2.05, 4.69) is 45.1 Å². The number of rotatable bonds is 12. The van der Waals surface area contributed by atoms with Crippen LogP contribution in [0, 0.1) is 0 Å². The van der Waals surface area contributed by atoms with Crippen molar-refractivity contribution in [3.05, 3.63) is 35.9 Å². The third-order valence-electron chi connectivity index (χ3n) is 5.78. The van der Waals surface area contributed by atoms with Crippen molar-refractivity contribution in [2.45, 2.75) is 64.3 Å². The Labute approximate surface area is 176 Å². The topological polar surface area (TPSA) is 87.9 Å². The second-order valence-electron chi connectivity index (χ2n) is 7.97. The standard InChI is InChI=1S/C23H39N5O/c1-2-22(29)28(16-9-4-3-8-15-26-23(24)25)21-13-18-27(19-14-21)17-12-20-10-6-5-7-11-20/h5-7,10-11,21H,2-4,8-9,12-19H2,1H3,(H4,24,25,26). The predicted molar refractivity (Wildman–Crippen MR) is 121 cm³/mol. The summed E-state index contributed by atoms with van der Waals surface area (Å²) < 4.78 is 0. The fraction of sp³-hybridized carbons (Fsp3) is 0.652. The van der Waals surface area contributed by atoms with Gasteiger partial charge < -0.3 is 21.3 Å². The third kappa shape index (κ3) is 8.86. The van der Waals surface area contributed by atoms with Gasteiger partial charge in [-0.15, -0.1) is 0 Å². The average molecular weight is 402 g/mol. The molecule has 1 aliphatic heterocycles. The zero-order valence-electron chi connectivity index (χ0n) is 18.1. The summed E-state index contributed by atoms with van der Waals surface area (Å²) in [6.07, 6.45) is 8.14. The van der Waals surface area contributed by atoms with Gasteiger partial charge in [0.2, 0.25) is 5.91 Å². The van der Waals surface area contributed by atoms with Gasteiger partial charge in [-0.2, -0.15) is 0 Å². The molecule has 1 aromatic carbocycles. The van der Waals surface area contributed by atoms with Crippen LogP contribution in [0.15, 0.2) is 35.3 Å². The average Bonchev–Trinajstić information content (AvgIpc) is 2.75. The van der Waals surface area contributed by atoms with Gasteiger partial charge in [0.1, 0.15) is 0 Å². The second kappa shape index (κ2) is 13.2. The number of carbonyl (C=O) groups is 1. The molecule has 1 aliphatic rings. The van der Waals surface area contributed by atoms with Crippen molar-refractivity contribution in [3.8, 4) is 0 Å². The molecule has 29 heavy (non-hydrogen) atoms. The van der Waals surface area contributed by atoms with E-state index in [1.54, 1.807) is 0 Å². The van der Waals surface area contributed by atoms with Gasteiger partial charge in [0.05, 0.1) is 0 Å². The summed E-state index contributed by atoms with van der Waals surface area (Å²) in [6.45, 7) is 6.83. The minimum atomic E-state index is 0.167. The Hall–Kier alpha value is -2.08. The van der Waals surface area contributed by atoms with Crippen LogP contribution in [0.3, 0.4) is 0 Å². The molecule has 0 bridgehead atoms. The Morgan fingerprint density at radius 1 is 1.10 bits per heavy atom. The van der Waals surface area contributed by atoms with Crippen molar-refractivity contribution in [2.75, 3.05) is 32.7 Å². The number of aliphatic imine (C=N–C) groups is 1. The molecular weight excluding hydrogens is 362 g/mol. The van der Waals surface area contributed by atoms with Gasteiger partial charge in [-0.05, 0) is 37.7 Å². The van der Waals surface area contributed by atoms with E-state index in [4.69, 9.17) is 11.5 Å². The number of benzene rings is 1. The lowest BCUT2D eigenvalue weighted by Crippen LogP contribution is -2.48. The van der Waals surface area contributed by atoms with Crippen molar-refractivity contribution in [2.24, 2.45) is 16.5 Å². The lowest BCUT2D eigenvalue weighted by Gasteiger charge is -2.38. The molecule has 162 valence electrons. The van der Waals surface area contributed by atoms with E-state index in [0.29, 0.717) is 24.9 Å². The van der Waals surface area contributed by atoms with Crippen LogP contribution in [0.25, 0.3) is 0 Å². The number of hydrogen-bond acceptors (Lipinski definition) is 3. The maximum Gasteiger partial charge on any atom is 0.222 e. The number of carbonyl (C=O) groups excluding carboxylic acids is 1. The van der Waals surface area contributed by atoms with Crippen LogP contribution >= 0.6 is 0 Å². The Bertz CT molecular complexity index is 607. The van der Waals surface area contributed by atoms with Gasteiger partial charge in [-0.3, -0.25) is 9.79 Å². The summed E-state index contributed by atoms with van der Waals surface area (Å²) in [5, 5.41) is 0. The fourth-order valence-electron chi connectivity index (χ4n) is 4.06. The molecule has 0 atom stereocenters. The molecule has 1 heterocycles. The molecule has 6 heteroatoms. The minimum absolute atomic E-state index is 0.167.